The van der Waals surface area contributed by atoms with Crippen molar-refractivity contribution in [3.8, 4) is 0 Å². The van der Waals surface area contributed by atoms with E-state index in [1.165, 1.54) is 0 Å². The van der Waals surface area contributed by atoms with Gasteiger partial charge in [0.25, 0.3) is 0 Å². The summed E-state index contributed by atoms with van der Waals surface area (Å²) in [6.45, 7) is 0.659. The summed E-state index contributed by atoms with van der Waals surface area (Å²) in [5.74, 6) is -0.365. The molecule has 0 aliphatic rings. The molecule has 0 aliphatic heterocycles. The van der Waals surface area contributed by atoms with E-state index in [0.29, 0.717) is 12.1 Å². The van der Waals surface area contributed by atoms with Crippen molar-refractivity contribution < 1.29 is 9.53 Å². The predicted octanol–water partition coefficient (Wildman–Crippen LogP) is 4.27. The van der Waals surface area contributed by atoms with Crippen molar-refractivity contribution in [2.24, 2.45) is 0 Å². The lowest BCUT2D eigenvalue weighted by Crippen LogP contribution is -2.13. The summed E-state index contributed by atoms with van der Waals surface area (Å²) in [6.07, 6.45) is 6.56. The number of pyridine rings is 1. The minimum Gasteiger partial charge on any atom is -0.449 e. The van der Waals surface area contributed by atoms with Crippen LogP contribution in [-0.2, 0) is 11.3 Å². The molecule has 2 heterocycles. The summed E-state index contributed by atoms with van der Waals surface area (Å²) in [7, 11) is 0. The zero-order valence-electron chi connectivity index (χ0n) is 15.2. The van der Waals surface area contributed by atoms with Gasteiger partial charge in [-0.25, -0.2) is 4.79 Å². The van der Waals surface area contributed by atoms with Crippen molar-refractivity contribution in [3.05, 3.63) is 120 Å². The summed E-state index contributed by atoms with van der Waals surface area (Å²) >= 11 is 0. The van der Waals surface area contributed by atoms with Crippen LogP contribution in [0.3, 0.4) is 0 Å². The molecular weight excluding hydrogens is 350 g/mol. The minimum absolute atomic E-state index is 0.365. The standard InChI is InChI=1S/C23H19N3O2/c27-23(21-9-7-18(8-10-21)17-26-16-4-13-25-26)28-22(19-5-2-1-3-6-19)20-11-14-24-15-12-20/h1-16,22H,17H2. The molecule has 0 saturated carbocycles. The third-order valence-electron chi connectivity index (χ3n) is 4.43. The number of nitrogens with zero attached hydrogens (tertiary/aromatic N) is 3. The highest BCUT2D eigenvalue weighted by atomic mass is 16.5. The molecule has 5 heteroatoms. The summed E-state index contributed by atoms with van der Waals surface area (Å²) in [6, 6.07) is 22.7. The van der Waals surface area contributed by atoms with E-state index in [2.05, 4.69) is 10.1 Å². The number of carbonyl (C=O) groups excluding carboxylic acids is 1. The number of hydrogen-bond donors (Lipinski definition) is 0. The first-order chi connectivity index (χ1) is 13.8. The Bertz CT molecular complexity index is 975. The molecule has 0 spiro atoms. The van der Waals surface area contributed by atoms with E-state index in [-0.39, 0.29) is 5.97 Å². The third kappa shape index (κ3) is 4.15. The maximum absolute atomic E-state index is 12.8. The van der Waals surface area contributed by atoms with Crippen LogP contribution in [-0.4, -0.2) is 20.7 Å². The molecule has 5 nitrogen and oxygen atoms in total. The Balaban J connectivity index is 1.53. The van der Waals surface area contributed by atoms with Crippen molar-refractivity contribution in [1.29, 1.82) is 0 Å². The Morgan fingerprint density at radius 2 is 1.57 bits per heavy atom. The van der Waals surface area contributed by atoms with Crippen LogP contribution in [0, 0.1) is 0 Å². The number of hydrogen-bond acceptors (Lipinski definition) is 4. The molecule has 0 radical (unpaired) electrons. The quantitative estimate of drug-likeness (QED) is 0.476. The third-order valence-corrected chi connectivity index (χ3v) is 4.43. The van der Waals surface area contributed by atoms with E-state index in [1.807, 2.05) is 71.5 Å². The monoisotopic (exact) mass is 369 g/mol. The van der Waals surface area contributed by atoms with Gasteiger partial charge < -0.3 is 4.74 Å². The van der Waals surface area contributed by atoms with Gasteiger partial charge in [0.05, 0.1) is 12.1 Å². The molecule has 0 saturated heterocycles. The first-order valence-corrected chi connectivity index (χ1v) is 9.02. The van der Waals surface area contributed by atoms with E-state index in [4.69, 9.17) is 4.74 Å². The molecule has 2 aromatic heterocycles. The zero-order chi connectivity index (χ0) is 19.2. The second-order valence-corrected chi connectivity index (χ2v) is 6.38. The number of carbonyl (C=O) groups is 1. The van der Waals surface area contributed by atoms with Crippen molar-refractivity contribution >= 4 is 5.97 Å². The summed E-state index contributed by atoms with van der Waals surface area (Å²) < 4.78 is 7.71. The Labute approximate surface area is 163 Å². The van der Waals surface area contributed by atoms with Crippen LogP contribution in [0.25, 0.3) is 0 Å². The summed E-state index contributed by atoms with van der Waals surface area (Å²) in [5, 5.41) is 4.20. The fourth-order valence-corrected chi connectivity index (χ4v) is 3.00. The Hall–Kier alpha value is -3.73. The number of aromatic nitrogens is 3. The van der Waals surface area contributed by atoms with E-state index in [1.54, 1.807) is 30.7 Å². The Morgan fingerprint density at radius 1 is 0.857 bits per heavy atom. The largest absolute Gasteiger partial charge is 0.449 e. The van der Waals surface area contributed by atoms with Gasteiger partial charge in [0, 0.05) is 30.4 Å². The van der Waals surface area contributed by atoms with Crippen LogP contribution in [0.4, 0.5) is 0 Å². The van der Waals surface area contributed by atoms with E-state index in [0.717, 1.165) is 16.7 Å². The van der Waals surface area contributed by atoms with Crippen LogP contribution < -0.4 is 0 Å². The maximum Gasteiger partial charge on any atom is 0.339 e. The van der Waals surface area contributed by atoms with Gasteiger partial charge in [0.2, 0.25) is 0 Å². The molecule has 0 fully saturated rings. The SMILES string of the molecule is O=C(OC(c1ccccc1)c1ccncc1)c1ccc(Cn2cccn2)cc1. The first kappa shape index (κ1) is 17.7. The molecule has 1 unspecified atom stereocenters. The Morgan fingerprint density at radius 3 is 2.25 bits per heavy atom. The number of rotatable bonds is 6. The molecule has 0 N–H and O–H groups in total. The van der Waals surface area contributed by atoms with Gasteiger partial charge >= 0.3 is 5.97 Å². The predicted molar refractivity (Wildman–Crippen MR) is 106 cm³/mol. The molecule has 2 aromatic carbocycles. The van der Waals surface area contributed by atoms with Gasteiger partial charge in [-0.15, -0.1) is 0 Å². The van der Waals surface area contributed by atoms with Gasteiger partial charge in [-0.2, -0.15) is 5.10 Å². The zero-order valence-corrected chi connectivity index (χ0v) is 15.2. The van der Waals surface area contributed by atoms with Gasteiger partial charge in [-0.3, -0.25) is 9.67 Å². The highest BCUT2D eigenvalue weighted by Crippen LogP contribution is 2.26. The molecule has 4 rings (SSSR count). The fourth-order valence-electron chi connectivity index (χ4n) is 3.00. The van der Waals surface area contributed by atoms with E-state index < -0.39 is 6.10 Å². The Kier molecular flexibility index (Phi) is 5.24. The topological polar surface area (TPSA) is 57.0 Å². The molecule has 4 aromatic rings. The van der Waals surface area contributed by atoms with Crippen LogP contribution in [0.15, 0.2) is 97.6 Å². The first-order valence-electron chi connectivity index (χ1n) is 9.02. The molecule has 0 aliphatic carbocycles. The molecule has 0 bridgehead atoms. The van der Waals surface area contributed by atoms with Gasteiger partial charge in [0.15, 0.2) is 6.10 Å². The molecule has 28 heavy (non-hydrogen) atoms. The normalized spacial score (nSPS) is 11.7. The lowest BCUT2D eigenvalue weighted by atomic mass is 10.0. The van der Waals surface area contributed by atoms with Gasteiger partial charge in [0.1, 0.15) is 0 Å². The van der Waals surface area contributed by atoms with Crippen LogP contribution >= 0.6 is 0 Å². The lowest BCUT2D eigenvalue weighted by molar-refractivity contribution is 0.0378. The van der Waals surface area contributed by atoms with Crippen molar-refractivity contribution in [3.63, 3.8) is 0 Å². The average molecular weight is 369 g/mol. The van der Waals surface area contributed by atoms with Crippen LogP contribution in [0.5, 0.6) is 0 Å². The average Bonchev–Trinajstić information content (AvgIpc) is 3.27. The van der Waals surface area contributed by atoms with E-state index in [9.17, 15) is 4.79 Å². The lowest BCUT2D eigenvalue weighted by Gasteiger charge is -2.19. The molecule has 138 valence electrons. The van der Waals surface area contributed by atoms with Crippen LogP contribution in [0.2, 0.25) is 0 Å². The summed E-state index contributed by atoms with van der Waals surface area (Å²) in [4.78, 5) is 16.8. The van der Waals surface area contributed by atoms with Crippen LogP contribution in [0.1, 0.15) is 33.2 Å². The number of benzene rings is 2. The maximum atomic E-state index is 12.8. The molecular formula is C23H19N3O2. The number of ether oxygens (including phenoxy) is 1. The minimum atomic E-state index is -0.486. The second kappa shape index (κ2) is 8.31. The second-order valence-electron chi connectivity index (χ2n) is 6.38. The smallest absolute Gasteiger partial charge is 0.339 e. The van der Waals surface area contributed by atoms with Gasteiger partial charge in [-0.1, -0.05) is 42.5 Å². The molecule has 0 amide bonds. The van der Waals surface area contributed by atoms with Gasteiger partial charge in [-0.05, 0) is 41.5 Å². The van der Waals surface area contributed by atoms with Crippen molar-refractivity contribution in [1.82, 2.24) is 14.8 Å². The number of esters is 1. The molecule has 1 atom stereocenters. The van der Waals surface area contributed by atoms with E-state index >= 15 is 0 Å². The highest BCUT2D eigenvalue weighted by molar-refractivity contribution is 5.89. The van der Waals surface area contributed by atoms with Crippen molar-refractivity contribution in [2.75, 3.05) is 0 Å². The van der Waals surface area contributed by atoms with Crippen molar-refractivity contribution in [2.45, 2.75) is 12.6 Å². The fraction of sp³-hybridized carbons (Fsp3) is 0.0870. The highest BCUT2D eigenvalue weighted by Gasteiger charge is 2.20. The summed E-state index contributed by atoms with van der Waals surface area (Å²) in [5.41, 5.74) is 3.37.